The number of aromatic nitrogens is 1. The van der Waals surface area contributed by atoms with E-state index in [1.165, 1.54) is 4.90 Å². The molecule has 2 aromatic rings. The fourth-order valence-corrected chi connectivity index (χ4v) is 3.89. The van der Waals surface area contributed by atoms with E-state index >= 15 is 0 Å². The number of fused-ring (bicyclic) bond motifs is 1. The van der Waals surface area contributed by atoms with Crippen molar-refractivity contribution < 1.29 is 19.1 Å². The fraction of sp³-hybridized carbons (Fsp3) is 0.526. The van der Waals surface area contributed by atoms with Gasteiger partial charge in [-0.2, -0.15) is 0 Å². The maximum atomic E-state index is 13.0. The molecule has 1 fully saturated rings. The van der Waals surface area contributed by atoms with Gasteiger partial charge in [0.15, 0.2) is 0 Å². The van der Waals surface area contributed by atoms with Crippen molar-refractivity contribution in [3.8, 4) is 0 Å². The minimum Gasteiger partial charge on any atom is -0.444 e. The van der Waals surface area contributed by atoms with Gasteiger partial charge in [0, 0.05) is 13.6 Å². The number of amides is 2. The number of benzene rings is 1. The van der Waals surface area contributed by atoms with Gasteiger partial charge in [0.1, 0.15) is 16.7 Å². The lowest BCUT2D eigenvalue weighted by Gasteiger charge is -2.37. The largest absolute Gasteiger partial charge is 0.444 e. The summed E-state index contributed by atoms with van der Waals surface area (Å²) in [5, 5.41) is 0.854. The molecule has 8 heteroatoms. The second-order valence-corrected chi connectivity index (χ2v) is 8.65. The molecule has 1 aromatic carbocycles. The van der Waals surface area contributed by atoms with Crippen LogP contribution in [0.15, 0.2) is 24.3 Å². The molecule has 1 aliphatic rings. The Hall–Kier alpha value is -2.19. The van der Waals surface area contributed by atoms with Crippen molar-refractivity contribution in [1.29, 1.82) is 0 Å². The van der Waals surface area contributed by atoms with Crippen LogP contribution in [0.5, 0.6) is 0 Å². The van der Waals surface area contributed by atoms with Crippen LogP contribution in [0.3, 0.4) is 0 Å². The fourth-order valence-electron chi connectivity index (χ4n) is 2.87. The SMILES string of the molecule is CN(Cc1nc2ccccc2s1)C(=O)C1COCCN1C(=O)OC(C)(C)C. The monoisotopic (exact) mass is 391 g/mol. The van der Waals surface area contributed by atoms with Gasteiger partial charge in [0.05, 0.1) is 30.0 Å². The van der Waals surface area contributed by atoms with E-state index in [1.807, 2.05) is 24.3 Å². The van der Waals surface area contributed by atoms with E-state index in [4.69, 9.17) is 9.47 Å². The van der Waals surface area contributed by atoms with Gasteiger partial charge in [-0.05, 0) is 32.9 Å². The summed E-state index contributed by atoms with van der Waals surface area (Å²) in [6.07, 6.45) is -0.488. The standard InChI is InChI=1S/C19H25N3O4S/c1-19(2,3)26-18(24)22-9-10-25-12-14(22)17(23)21(4)11-16-20-13-7-5-6-8-15(13)27-16/h5-8,14H,9-12H2,1-4H3. The molecule has 7 nitrogen and oxygen atoms in total. The van der Waals surface area contributed by atoms with Crippen LogP contribution in [-0.2, 0) is 20.8 Å². The van der Waals surface area contributed by atoms with Gasteiger partial charge < -0.3 is 14.4 Å². The molecule has 146 valence electrons. The molecule has 1 atom stereocenters. The molecule has 2 heterocycles. The summed E-state index contributed by atoms with van der Waals surface area (Å²) in [6, 6.07) is 7.19. The number of ether oxygens (including phenoxy) is 2. The number of hydrogen-bond acceptors (Lipinski definition) is 6. The lowest BCUT2D eigenvalue weighted by Crippen LogP contribution is -2.56. The van der Waals surface area contributed by atoms with E-state index in [9.17, 15) is 9.59 Å². The first-order valence-corrected chi connectivity index (χ1v) is 9.73. The summed E-state index contributed by atoms with van der Waals surface area (Å²) in [5.74, 6) is -0.181. The zero-order valence-electron chi connectivity index (χ0n) is 16.1. The molecule has 1 saturated heterocycles. The predicted octanol–water partition coefficient (Wildman–Crippen LogP) is 2.89. The van der Waals surface area contributed by atoms with E-state index in [-0.39, 0.29) is 12.5 Å². The Bertz CT molecular complexity index is 797. The summed E-state index contributed by atoms with van der Waals surface area (Å²) in [4.78, 5) is 33.1. The smallest absolute Gasteiger partial charge is 0.411 e. The number of morpholine rings is 1. The summed E-state index contributed by atoms with van der Waals surface area (Å²) < 4.78 is 12.0. The number of carbonyl (C=O) groups is 2. The molecular weight excluding hydrogens is 366 g/mol. The highest BCUT2D eigenvalue weighted by Gasteiger charge is 2.37. The Labute approximate surface area is 162 Å². The Morgan fingerprint density at radius 3 is 2.81 bits per heavy atom. The van der Waals surface area contributed by atoms with Gasteiger partial charge >= 0.3 is 6.09 Å². The third kappa shape index (κ3) is 4.75. The van der Waals surface area contributed by atoms with Crippen LogP contribution in [-0.4, -0.2) is 65.2 Å². The van der Waals surface area contributed by atoms with Crippen molar-refractivity contribution in [3.05, 3.63) is 29.3 Å². The van der Waals surface area contributed by atoms with Crippen molar-refractivity contribution in [1.82, 2.24) is 14.8 Å². The molecule has 1 aliphatic heterocycles. The van der Waals surface area contributed by atoms with Crippen LogP contribution in [0.2, 0.25) is 0 Å². The Balaban J connectivity index is 1.70. The normalized spacial score (nSPS) is 17.8. The quantitative estimate of drug-likeness (QED) is 0.804. The molecule has 0 spiro atoms. The number of carbonyl (C=O) groups excluding carboxylic acids is 2. The average Bonchev–Trinajstić information content (AvgIpc) is 3.01. The first kappa shape index (κ1) is 19.6. The summed E-state index contributed by atoms with van der Waals surface area (Å²) >= 11 is 1.56. The van der Waals surface area contributed by atoms with E-state index in [0.29, 0.717) is 19.7 Å². The minimum atomic E-state index is -0.687. The van der Waals surface area contributed by atoms with Crippen LogP contribution in [0, 0.1) is 0 Å². The van der Waals surface area contributed by atoms with Crippen LogP contribution >= 0.6 is 11.3 Å². The topological polar surface area (TPSA) is 72.0 Å². The first-order chi connectivity index (χ1) is 12.7. The van der Waals surface area contributed by atoms with Crippen molar-refractivity contribution in [2.75, 3.05) is 26.8 Å². The van der Waals surface area contributed by atoms with Crippen LogP contribution < -0.4 is 0 Å². The van der Waals surface area contributed by atoms with Gasteiger partial charge in [-0.1, -0.05) is 12.1 Å². The molecule has 0 N–H and O–H groups in total. The van der Waals surface area contributed by atoms with Gasteiger partial charge in [-0.25, -0.2) is 9.78 Å². The Kier molecular flexibility index (Phi) is 5.67. The van der Waals surface area contributed by atoms with Crippen LogP contribution in [0.4, 0.5) is 4.79 Å². The highest BCUT2D eigenvalue weighted by Crippen LogP contribution is 2.23. The van der Waals surface area contributed by atoms with Crippen LogP contribution in [0.1, 0.15) is 25.8 Å². The van der Waals surface area contributed by atoms with Crippen molar-refractivity contribution in [2.24, 2.45) is 0 Å². The number of thiazole rings is 1. The second-order valence-electron chi connectivity index (χ2n) is 7.53. The van der Waals surface area contributed by atoms with Crippen molar-refractivity contribution >= 4 is 33.6 Å². The van der Waals surface area contributed by atoms with Gasteiger partial charge in [-0.15, -0.1) is 11.3 Å². The average molecular weight is 391 g/mol. The number of likely N-dealkylation sites (N-methyl/N-ethyl adjacent to an activating group) is 1. The van der Waals surface area contributed by atoms with E-state index in [2.05, 4.69) is 4.98 Å². The first-order valence-electron chi connectivity index (χ1n) is 8.91. The maximum Gasteiger partial charge on any atom is 0.411 e. The zero-order valence-corrected chi connectivity index (χ0v) is 16.9. The lowest BCUT2D eigenvalue weighted by atomic mass is 10.2. The molecule has 1 aromatic heterocycles. The number of hydrogen-bond donors (Lipinski definition) is 0. The van der Waals surface area contributed by atoms with Crippen molar-refractivity contribution in [3.63, 3.8) is 0 Å². The molecule has 2 amide bonds. The molecule has 1 unspecified atom stereocenters. The highest BCUT2D eigenvalue weighted by atomic mass is 32.1. The van der Waals surface area contributed by atoms with E-state index in [0.717, 1.165) is 15.2 Å². The summed E-state index contributed by atoms with van der Waals surface area (Å²) in [5.41, 5.74) is 0.310. The molecule has 27 heavy (non-hydrogen) atoms. The highest BCUT2D eigenvalue weighted by molar-refractivity contribution is 7.18. The third-order valence-electron chi connectivity index (χ3n) is 4.13. The Morgan fingerprint density at radius 1 is 1.37 bits per heavy atom. The van der Waals surface area contributed by atoms with Gasteiger partial charge in [-0.3, -0.25) is 9.69 Å². The minimum absolute atomic E-state index is 0.169. The second kappa shape index (κ2) is 7.82. The number of para-hydroxylation sites is 1. The zero-order chi connectivity index (χ0) is 19.6. The number of nitrogens with zero attached hydrogens (tertiary/aromatic N) is 3. The molecule has 0 saturated carbocycles. The molecule has 0 aliphatic carbocycles. The molecular formula is C19H25N3O4S. The van der Waals surface area contributed by atoms with E-state index < -0.39 is 17.7 Å². The summed E-state index contributed by atoms with van der Waals surface area (Å²) in [7, 11) is 1.72. The van der Waals surface area contributed by atoms with Gasteiger partial charge in [0.2, 0.25) is 5.91 Å². The van der Waals surface area contributed by atoms with Crippen LogP contribution in [0.25, 0.3) is 10.2 Å². The van der Waals surface area contributed by atoms with Gasteiger partial charge in [0.25, 0.3) is 0 Å². The van der Waals surface area contributed by atoms with E-state index in [1.54, 1.807) is 44.1 Å². The summed E-state index contributed by atoms with van der Waals surface area (Å²) in [6.45, 7) is 6.70. The molecule has 0 radical (unpaired) electrons. The van der Waals surface area contributed by atoms with Crippen molar-refractivity contribution in [2.45, 2.75) is 39.0 Å². The molecule has 3 rings (SSSR count). The Morgan fingerprint density at radius 2 is 2.11 bits per heavy atom. The number of rotatable bonds is 3. The predicted molar refractivity (Wildman–Crippen MR) is 104 cm³/mol. The molecule has 0 bridgehead atoms. The third-order valence-corrected chi connectivity index (χ3v) is 5.15. The maximum absolute atomic E-state index is 13.0. The lowest BCUT2D eigenvalue weighted by molar-refractivity contribution is -0.142.